The SMILES string of the molecule is COc1ccc([C@@H](C(=O)N(C)S(=O)(=O)c2ccc(C)cc2)[C@H](Nc2cccc(Br)c2)c2ccc([N+](=O)[O-])cc2)cc1. The number of rotatable bonds is 10. The lowest BCUT2D eigenvalue weighted by atomic mass is 9.85. The van der Waals surface area contributed by atoms with Crippen LogP contribution in [-0.4, -0.2) is 37.7 Å². The van der Waals surface area contributed by atoms with Gasteiger partial charge >= 0.3 is 0 Å². The summed E-state index contributed by atoms with van der Waals surface area (Å²) in [5.41, 5.74) is 2.49. The molecular weight excluding hydrogens is 610 g/mol. The second-order valence-electron chi connectivity index (χ2n) is 9.36. The standard InChI is InChI=1S/C30H28BrN3O6S/c1-20-7-17-27(18-8-20)41(38,39)33(2)30(35)28(21-11-15-26(40-3)16-12-21)29(32-24-6-4-5-23(31)19-24)22-9-13-25(14-10-22)34(36)37/h4-19,28-29,32H,1-3H3/t28-,29-/m1/s1. The Kier molecular flexibility index (Phi) is 9.09. The molecule has 4 aromatic rings. The zero-order valence-electron chi connectivity index (χ0n) is 22.5. The number of halogens is 1. The van der Waals surface area contributed by atoms with Crippen molar-refractivity contribution in [2.45, 2.75) is 23.8 Å². The summed E-state index contributed by atoms with van der Waals surface area (Å²) in [6.45, 7) is 1.84. The number of methoxy groups -OCH3 is 1. The van der Waals surface area contributed by atoms with Gasteiger partial charge in [0.2, 0.25) is 5.91 Å². The van der Waals surface area contributed by atoms with Crippen molar-refractivity contribution in [3.05, 3.63) is 128 Å². The number of hydrogen-bond acceptors (Lipinski definition) is 7. The molecule has 0 aliphatic heterocycles. The molecule has 0 aliphatic rings. The minimum absolute atomic E-state index is 0.0146. The van der Waals surface area contributed by atoms with Crippen LogP contribution in [0.4, 0.5) is 11.4 Å². The lowest BCUT2D eigenvalue weighted by Crippen LogP contribution is -2.40. The number of likely N-dealkylation sites (N-methyl/N-ethyl adjacent to an activating group) is 1. The van der Waals surface area contributed by atoms with Crippen molar-refractivity contribution in [1.82, 2.24) is 4.31 Å². The lowest BCUT2D eigenvalue weighted by molar-refractivity contribution is -0.384. The van der Waals surface area contributed by atoms with Crippen molar-refractivity contribution in [3.8, 4) is 5.75 Å². The molecule has 0 spiro atoms. The predicted octanol–water partition coefficient (Wildman–Crippen LogP) is 6.46. The van der Waals surface area contributed by atoms with E-state index in [0.717, 1.165) is 14.3 Å². The average Bonchev–Trinajstić information content (AvgIpc) is 2.97. The number of ether oxygens (including phenoxy) is 1. The molecule has 41 heavy (non-hydrogen) atoms. The summed E-state index contributed by atoms with van der Waals surface area (Å²) in [6.07, 6.45) is 0. The first-order chi connectivity index (χ1) is 19.5. The monoisotopic (exact) mass is 637 g/mol. The number of hydrogen-bond donors (Lipinski definition) is 1. The molecule has 1 N–H and O–H groups in total. The highest BCUT2D eigenvalue weighted by Crippen LogP contribution is 2.38. The minimum atomic E-state index is -4.20. The van der Waals surface area contributed by atoms with E-state index in [1.165, 1.54) is 38.4 Å². The van der Waals surface area contributed by atoms with Crippen LogP contribution in [0.15, 0.2) is 106 Å². The maximum Gasteiger partial charge on any atom is 0.269 e. The van der Waals surface area contributed by atoms with Crippen LogP contribution in [0.2, 0.25) is 0 Å². The van der Waals surface area contributed by atoms with Crippen LogP contribution >= 0.6 is 15.9 Å². The van der Waals surface area contributed by atoms with Gasteiger partial charge in [-0.1, -0.05) is 64.0 Å². The van der Waals surface area contributed by atoms with Crippen LogP contribution in [0, 0.1) is 17.0 Å². The van der Waals surface area contributed by atoms with Gasteiger partial charge in [0, 0.05) is 29.3 Å². The fourth-order valence-electron chi connectivity index (χ4n) is 4.39. The first-order valence-corrected chi connectivity index (χ1v) is 14.7. The van der Waals surface area contributed by atoms with Gasteiger partial charge < -0.3 is 10.1 Å². The Morgan fingerprint density at radius 3 is 2.12 bits per heavy atom. The summed E-state index contributed by atoms with van der Waals surface area (Å²) in [4.78, 5) is 25.1. The molecule has 9 nitrogen and oxygen atoms in total. The number of non-ortho nitro benzene ring substituents is 1. The van der Waals surface area contributed by atoms with Gasteiger partial charge in [0.1, 0.15) is 5.75 Å². The van der Waals surface area contributed by atoms with Gasteiger partial charge in [-0.3, -0.25) is 14.9 Å². The van der Waals surface area contributed by atoms with E-state index in [-0.39, 0.29) is 10.6 Å². The van der Waals surface area contributed by atoms with E-state index >= 15 is 0 Å². The predicted molar refractivity (Wildman–Crippen MR) is 160 cm³/mol. The number of nitro groups is 1. The fourth-order valence-corrected chi connectivity index (χ4v) is 5.94. The average molecular weight is 639 g/mol. The Morgan fingerprint density at radius 1 is 0.951 bits per heavy atom. The van der Waals surface area contributed by atoms with Crippen LogP contribution in [0.3, 0.4) is 0 Å². The molecule has 0 fully saturated rings. The summed E-state index contributed by atoms with van der Waals surface area (Å²) in [5, 5.41) is 14.7. The fraction of sp³-hybridized carbons (Fsp3) is 0.167. The van der Waals surface area contributed by atoms with Crippen molar-refractivity contribution < 1.29 is 22.9 Å². The summed E-state index contributed by atoms with van der Waals surface area (Å²) in [6, 6.07) is 25.4. The third-order valence-corrected chi connectivity index (χ3v) is 8.94. The largest absolute Gasteiger partial charge is 0.497 e. The molecular formula is C30H28BrN3O6S. The van der Waals surface area contributed by atoms with E-state index < -0.39 is 32.8 Å². The number of nitrogens with one attached hydrogen (secondary N) is 1. The molecule has 4 aromatic carbocycles. The second-order valence-corrected chi connectivity index (χ2v) is 12.2. The van der Waals surface area contributed by atoms with E-state index in [1.807, 2.05) is 31.2 Å². The highest BCUT2D eigenvalue weighted by Gasteiger charge is 2.38. The quantitative estimate of drug-likeness (QED) is 0.157. The Balaban J connectivity index is 1.87. The van der Waals surface area contributed by atoms with Crippen LogP contribution < -0.4 is 10.1 Å². The maximum atomic E-state index is 14.3. The van der Waals surface area contributed by atoms with Gasteiger partial charge in [-0.05, 0) is 60.5 Å². The van der Waals surface area contributed by atoms with E-state index in [0.29, 0.717) is 22.6 Å². The highest BCUT2D eigenvalue weighted by molar-refractivity contribution is 9.10. The molecule has 1 amide bonds. The van der Waals surface area contributed by atoms with Gasteiger partial charge in [-0.15, -0.1) is 0 Å². The molecule has 0 aromatic heterocycles. The number of carbonyl (C=O) groups is 1. The molecule has 212 valence electrons. The van der Waals surface area contributed by atoms with Crippen LogP contribution in [0.5, 0.6) is 5.75 Å². The molecule has 4 rings (SSSR count). The Bertz CT molecular complexity index is 1640. The van der Waals surface area contributed by atoms with Crippen molar-refractivity contribution >= 4 is 43.2 Å². The number of amides is 1. The molecule has 0 saturated carbocycles. The third kappa shape index (κ3) is 6.75. The van der Waals surface area contributed by atoms with Gasteiger partial charge in [0.25, 0.3) is 15.7 Å². The molecule has 2 atom stereocenters. The Morgan fingerprint density at radius 2 is 1.56 bits per heavy atom. The van der Waals surface area contributed by atoms with Gasteiger partial charge in [-0.2, -0.15) is 0 Å². The Labute approximate surface area is 247 Å². The van der Waals surface area contributed by atoms with Crippen molar-refractivity contribution in [2.75, 3.05) is 19.5 Å². The number of sulfonamides is 1. The maximum absolute atomic E-state index is 14.3. The van der Waals surface area contributed by atoms with E-state index in [2.05, 4.69) is 21.2 Å². The van der Waals surface area contributed by atoms with Gasteiger partial charge in [0.15, 0.2) is 0 Å². The van der Waals surface area contributed by atoms with Crippen molar-refractivity contribution in [2.24, 2.45) is 0 Å². The normalized spacial score (nSPS) is 12.7. The van der Waals surface area contributed by atoms with Crippen LogP contribution in [-0.2, 0) is 14.8 Å². The smallest absolute Gasteiger partial charge is 0.269 e. The zero-order chi connectivity index (χ0) is 29.7. The number of anilines is 1. The van der Waals surface area contributed by atoms with Crippen LogP contribution in [0.1, 0.15) is 28.7 Å². The molecule has 0 aliphatic carbocycles. The zero-order valence-corrected chi connectivity index (χ0v) is 24.9. The van der Waals surface area contributed by atoms with E-state index in [4.69, 9.17) is 4.74 Å². The van der Waals surface area contributed by atoms with E-state index in [9.17, 15) is 23.3 Å². The molecule has 11 heteroatoms. The topological polar surface area (TPSA) is 119 Å². The summed E-state index contributed by atoms with van der Waals surface area (Å²) >= 11 is 3.46. The summed E-state index contributed by atoms with van der Waals surface area (Å²) in [5.74, 6) is -1.19. The molecule has 0 unspecified atom stereocenters. The van der Waals surface area contributed by atoms with Crippen LogP contribution in [0.25, 0.3) is 0 Å². The summed E-state index contributed by atoms with van der Waals surface area (Å²) < 4.78 is 34.0. The number of aryl methyl sites for hydroxylation is 1. The number of carbonyl (C=O) groups excluding carboxylic acids is 1. The number of nitro benzene ring substituents is 1. The molecule has 0 radical (unpaired) electrons. The van der Waals surface area contributed by atoms with Gasteiger partial charge in [-0.25, -0.2) is 12.7 Å². The van der Waals surface area contributed by atoms with Gasteiger partial charge in [0.05, 0.1) is 28.9 Å². The van der Waals surface area contributed by atoms with Crippen molar-refractivity contribution in [3.63, 3.8) is 0 Å². The molecule has 0 saturated heterocycles. The first kappa shape index (κ1) is 29.8. The highest BCUT2D eigenvalue weighted by atomic mass is 79.9. The third-order valence-electron chi connectivity index (χ3n) is 6.67. The molecule has 0 heterocycles. The summed E-state index contributed by atoms with van der Waals surface area (Å²) in [7, 11) is -1.44. The first-order valence-electron chi connectivity index (χ1n) is 12.5. The number of benzene rings is 4. The number of nitrogens with zero attached hydrogens (tertiary/aromatic N) is 2. The Hall–Kier alpha value is -4.22. The minimum Gasteiger partial charge on any atom is -0.497 e. The van der Waals surface area contributed by atoms with E-state index in [1.54, 1.807) is 48.5 Å². The second kappa shape index (κ2) is 12.5. The lowest BCUT2D eigenvalue weighted by Gasteiger charge is -2.32. The van der Waals surface area contributed by atoms with Crippen molar-refractivity contribution in [1.29, 1.82) is 0 Å². The molecule has 0 bridgehead atoms.